The lowest BCUT2D eigenvalue weighted by Crippen LogP contribution is -1.99. The van der Waals surface area contributed by atoms with Crippen molar-refractivity contribution in [2.24, 2.45) is 0 Å². The molecule has 0 saturated carbocycles. The molecule has 0 saturated heterocycles. The van der Waals surface area contributed by atoms with Crippen LogP contribution in [0.15, 0.2) is 30.3 Å². The maximum Gasteiger partial charge on any atom is 0.182 e. The van der Waals surface area contributed by atoms with E-state index in [4.69, 9.17) is 12.2 Å². The van der Waals surface area contributed by atoms with Crippen molar-refractivity contribution in [2.75, 3.05) is 0 Å². The van der Waals surface area contributed by atoms with E-state index in [2.05, 4.69) is 4.98 Å². The van der Waals surface area contributed by atoms with Gasteiger partial charge >= 0.3 is 0 Å². The Balaban J connectivity index is 2.68. The van der Waals surface area contributed by atoms with Crippen LogP contribution in [-0.4, -0.2) is 15.3 Å². The van der Waals surface area contributed by atoms with Gasteiger partial charge in [-0.25, -0.2) is 0 Å². The average molecular weight is 232 g/mol. The Kier molecular flexibility index (Phi) is 2.75. The first-order valence-electron chi connectivity index (χ1n) is 4.99. The lowest BCUT2D eigenvalue weighted by atomic mass is 10.2. The third kappa shape index (κ3) is 1.72. The average Bonchev–Trinajstić information content (AvgIpc) is 2.56. The summed E-state index contributed by atoms with van der Waals surface area (Å²) in [7, 11) is 0. The standard InChI is InChI=1S/C12H12N2OS/c1-8-11(9(2)15)13-12(16)14(8)10-6-4-3-5-7-10/h3-7H,1-2H3,(H,13,16). The van der Waals surface area contributed by atoms with Crippen LogP contribution in [0.25, 0.3) is 5.69 Å². The number of hydrogen-bond acceptors (Lipinski definition) is 2. The van der Waals surface area contributed by atoms with Gasteiger partial charge in [0.1, 0.15) is 5.69 Å². The molecule has 4 heteroatoms. The van der Waals surface area contributed by atoms with Gasteiger partial charge in [-0.3, -0.25) is 9.36 Å². The molecule has 0 bridgehead atoms. The quantitative estimate of drug-likeness (QED) is 0.638. The Morgan fingerprint density at radius 3 is 2.44 bits per heavy atom. The van der Waals surface area contributed by atoms with Crippen LogP contribution in [0.2, 0.25) is 0 Å². The monoisotopic (exact) mass is 232 g/mol. The molecule has 0 aliphatic carbocycles. The molecule has 3 nitrogen and oxygen atoms in total. The number of para-hydroxylation sites is 1. The molecule has 0 aliphatic rings. The van der Waals surface area contributed by atoms with Crippen molar-refractivity contribution >= 4 is 18.0 Å². The normalized spacial score (nSPS) is 10.4. The van der Waals surface area contributed by atoms with E-state index < -0.39 is 0 Å². The molecular formula is C12H12N2OS. The molecule has 0 spiro atoms. The van der Waals surface area contributed by atoms with Crippen LogP contribution >= 0.6 is 12.2 Å². The minimum absolute atomic E-state index is 0.00159. The smallest absolute Gasteiger partial charge is 0.182 e. The van der Waals surface area contributed by atoms with Crippen molar-refractivity contribution in [3.05, 3.63) is 46.5 Å². The summed E-state index contributed by atoms with van der Waals surface area (Å²) in [6, 6.07) is 9.75. The van der Waals surface area contributed by atoms with E-state index in [0.29, 0.717) is 10.5 Å². The van der Waals surface area contributed by atoms with Crippen molar-refractivity contribution in [3.63, 3.8) is 0 Å². The predicted octanol–water partition coefficient (Wildman–Crippen LogP) is 3.05. The first-order valence-corrected chi connectivity index (χ1v) is 5.40. The number of aromatic nitrogens is 2. The van der Waals surface area contributed by atoms with Gasteiger partial charge in [0.25, 0.3) is 0 Å². The van der Waals surface area contributed by atoms with Gasteiger partial charge < -0.3 is 4.98 Å². The van der Waals surface area contributed by atoms with Crippen LogP contribution in [0.5, 0.6) is 0 Å². The van der Waals surface area contributed by atoms with Crippen molar-refractivity contribution < 1.29 is 4.79 Å². The summed E-state index contributed by atoms with van der Waals surface area (Å²) in [6.07, 6.45) is 0. The molecule has 0 amide bonds. The third-order valence-corrected chi connectivity index (χ3v) is 2.78. The van der Waals surface area contributed by atoms with Gasteiger partial charge in [-0.1, -0.05) is 18.2 Å². The van der Waals surface area contributed by atoms with Gasteiger partial charge in [0.05, 0.1) is 0 Å². The SMILES string of the molecule is CC(=O)c1[nH]c(=S)n(-c2ccccc2)c1C. The fourth-order valence-electron chi connectivity index (χ4n) is 1.75. The van der Waals surface area contributed by atoms with E-state index in [1.165, 1.54) is 6.92 Å². The first kappa shape index (κ1) is 10.8. The number of rotatable bonds is 2. The summed E-state index contributed by atoms with van der Waals surface area (Å²) in [6.45, 7) is 3.42. The maximum atomic E-state index is 11.4. The molecular weight excluding hydrogens is 220 g/mol. The number of H-pyrrole nitrogens is 1. The highest BCUT2D eigenvalue weighted by molar-refractivity contribution is 7.71. The number of Topliss-reactive ketones (excluding diaryl/α,β-unsaturated/α-hetero) is 1. The largest absolute Gasteiger partial charge is 0.328 e. The Morgan fingerprint density at radius 1 is 1.31 bits per heavy atom. The van der Waals surface area contributed by atoms with Crippen LogP contribution < -0.4 is 0 Å². The molecule has 2 aromatic rings. The van der Waals surface area contributed by atoms with E-state index in [1.54, 1.807) is 0 Å². The second-order valence-electron chi connectivity index (χ2n) is 3.62. The number of carbonyl (C=O) groups excluding carboxylic acids is 1. The summed E-state index contributed by atoms with van der Waals surface area (Å²) in [5, 5.41) is 0. The number of nitrogens with one attached hydrogen (secondary N) is 1. The van der Waals surface area contributed by atoms with Crippen molar-refractivity contribution in [2.45, 2.75) is 13.8 Å². The zero-order valence-corrected chi connectivity index (χ0v) is 9.97. The highest BCUT2D eigenvalue weighted by Gasteiger charge is 2.12. The Labute approximate surface area is 98.7 Å². The molecule has 0 aliphatic heterocycles. The van der Waals surface area contributed by atoms with Crippen molar-refractivity contribution in [1.82, 2.24) is 9.55 Å². The van der Waals surface area contributed by atoms with E-state index >= 15 is 0 Å². The predicted molar refractivity (Wildman–Crippen MR) is 65.7 cm³/mol. The summed E-state index contributed by atoms with van der Waals surface area (Å²) >= 11 is 5.22. The highest BCUT2D eigenvalue weighted by Crippen LogP contribution is 2.15. The number of benzene rings is 1. The Hall–Kier alpha value is -1.68. The van der Waals surface area contributed by atoms with Crippen LogP contribution in [0.4, 0.5) is 0 Å². The van der Waals surface area contributed by atoms with E-state index in [-0.39, 0.29) is 5.78 Å². The van der Waals surface area contributed by atoms with Gasteiger partial charge in [0, 0.05) is 18.3 Å². The number of aromatic amines is 1. The van der Waals surface area contributed by atoms with Crippen molar-refractivity contribution in [3.8, 4) is 5.69 Å². The minimum Gasteiger partial charge on any atom is -0.328 e. The second kappa shape index (κ2) is 4.06. The van der Waals surface area contributed by atoms with Crippen LogP contribution in [0.1, 0.15) is 23.1 Å². The van der Waals surface area contributed by atoms with Gasteiger partial charge in [0.2, 0.25) is 0 Å². The number of nitrogens with zero attached hydrogens (tertiary/aromatic N) is 1. The summed E-state index contributed by atoms with van der Waals surface area (Å²) in [4.78, 5) is 14.3. The van der Waals surface area contributed by atoms with E-state index in [1.807, 2.05) is 41.8 Å². The van der Waals surface area contributed by atoms with Crippen LogP contribution in [0, 0.1) is 11.7 Å². The first-order chi connectivity index (χ1) is 7.61. The molecule has 1 aromatic heterocycles. The molecule has 1 heterocycles. The van der Waals surface area contributed by atoms with Crippen molar-refractivity contribution in [1.29, 1.82) is 0 Å². The fourth-order valence-corrected chi connectivity index (χ4v) is 2.09. The van der Waals surface area contributed by atoms with E-state index in [9.17, 15) is 4.79 Å². The molecule has 82 valence electrons. The van der Waals surface area contributed by atoms with Gasteiger partial charge in [0.15, 0.2) is 10.6 Å². The zero-order valence-electron chi connectivity index (χ0n) is 9.15. The lowest BCUT2D eigenvalue weighted by molar-refractivity contribution is 0.101. The topological polar surface area (TPSA) is 37.8 Å². The molecule has 16 heavy (non-hydrogen) atoms. The highest BCUT2D eigenvalue weighted by atomic mass is 32.1. The fraction of sp³-hybridized carbons (Fsp3) is 0.167. The second-order valence-corrected chi connectivity index (χ2v) is 4.00. The van der Waals surface area contributed by atoms with Gasteiger partial charge in [-0.15, -0.1) is 0 Å². The molecule has 2 rings (SSSR count). The van der Waals surface area contributed by atoms with Gasteiger partial charge in [-0.2, -0.15) is 0 Å². The number of imidazole rings is 1. The molecule has 0 unspecified atom stereocenters. The zero-order chi connectivity index (χ0) is 11.7. The molecule has 1 N–H and O–H groups in total. The molecule has 1 aromatic carbocycles. The maximum absolute atomic E-state index is 11.4. The van der Waals surface area contributed by atoms with E-state index in [0.717, 1.165) is 11.4 Å². The molecule has 0 radical (unpaired) electrons. The third-order valence-electron chi connectivity index (χ3n) is 2.50. The van der Waals surface area contributed by atoms with Crippen LogP contribution in [0.3, 0.4) is 0 Å². The van der Waals surface area contributed by atoms with Gasteiger partial charge in [-0.05, 0) is 31.3 Å². The number of carbonyl (C=O) groups is 1. The lowest BCUT2D eigenvalue weighted by Gasteiger charge is -2.04. The number of hydrogen-bond donors (Lipinski definition) is 1. The molecule has 0 atom stereocenters. The van der Waals surface area contributed by atoms with Crippen LogP contribution in [-0.2, 0) is 0 Å². The summed E-state index contributed by atoms with van der Waals surface area (Å²) in [5.41, 5.74) is 2.39. The molecule has 0 fully saturated rings. The number of ketones is 1. The minimum atomic E-state index is -0.00159. The summed E-state index contributed by atoms with van der Waals surface area (Å²) < 4.78 is 2.42. The Morgan fingerprint density at radius 2 is 1.94 bits per heavy atom. The summed E-state index contributed by atoms with van der Waals surface area (Å²) in [5.74, 6) is -0.00159. The Bertz CT molecular complexity index is 581.